The van der Waals surface area contributed by atoms with Gasteiger partial charge in [0.15, 0.2) is 0 Å². The number of fused-ring (bicyclic) bond motifs is 3. The fourth-order valence-corrected chi connectivity index (χ4v) is 4.67. The molecule has 5 rings (SSSR count). The molecule has 2 heterocycles. The van der Waals surface area contributed by atoms with Crippen molar-refractivity contribution in [2.24, 2.45) is 5.92 Å². The van der Waals surface area contributed by atoms with E-state index in [9.17, 15) is 23.1 Å². The van der Waals surface area contributed by atoms with Gasteiger partial charge in [0.2, 0.25) is 11.7 Å². The average molecular weight is 445 g/mol. The van der Waals surface area contributed by atoms with Gasteiger partial charge in [-0.2, -0.15) is 4.98 Å². The molecule has 1 fully saturated rings. The number of carbonyl (C=O) groups excluding carboxylic acids is 1. The molecule has 2 aromatic carbocycles. The molecule has 1 aromatic heterocycles. The number of aromatic nitrogens is 2. The van der Waals surface area contributed by atoms with Crippen LogP contribution in [0.25, 0.3) is 22.8 Å². The number of β-amino-alcohol motifs (C(OH)–C–C–N with tert-alkyl or cyclic N) is 1. The SMILES string of the molecule is O=C1CC2Cc3c(-c4noc(-c5ccc(OC(F)(F)F)cc5)n4)cccc3C2N1CCO. The van der Waals surface area contributed by atoms with E-state index in [2.05, 4.69) is 14.9 Å². The highest BCUT2D eigenvalue weighted by molar-refractivity contribution is 5.81. The van der Waals surface area contributed by atoms with Crippen LogP contribution < -0.4 is 4.74 Å². The number of aliphatic hydroxyl groups excluding tert-OH is 1. The number of hydrogen-bond acceptors (Lipinski definition) is 6. The first-order valence-electron chi connectivity index (χ1n) is 10.1. The van der Waals surface area contributed by atoms with Crippen molar-refractivity contribution in [2.75, 3.05) is 13.2 Å². The summed E-state index contributed by atoms with van der Waals surface area (Å²) in [6, 6.07) is 10.8. The maximum atomic E-state index is 12.3. The van der Waals surface area contributed by atoms with Crippen LogP contribution in [0.4, 0.5) is 13.2 Å². The number of alkyl halides is 3. The van der Waals surface area contributed by atoms with Gasteiger partial charge in [-0.05, 0) is 47.7 Å². The Bertz CT molecular complexity index is 1160. The second kappa shape index (κ2) is 7.63. The van der Waals surface area contributed by atoms with E-state index in [4.69, 9.17) is 4.52 Å². The van der Waals surface area contributed by atoms with Crippen LogP contribution in [0, 0.1) is 5.92 Å². The normalized spacial score (nSPS) is 19.9. The van der Waals surface area contributed by atoms with E-state index in [1.165, 1.54) is 24.3 Å². The maximum Gasteiger partial charge on any atom is 0.573 e. The summed E-state index contributed by atoms with van der Waals surface area (Å²) in [4.78, 5) is 18.5. The highest BCUT2D eigenvalue weighted by atomic mass is 19.4. The fourth-order valence-electron chi connectivity index (χ4n) is 4.67. The van der Waals surface area contributed by atoms with Gasteiger partial charge in [0.25, 0.3) is 5.89 Å². The molecule has 0 saturated carbocycles. The molecule has 166 valence electrons. The zero-order chi connectivity index (χ0) is 22.5. The standard InChI is InChI=1S/C22H18F3N3O4/c23-22(24,25)31-14-6-4-12(5-7-14)21-26-20(27-32-21)16-3-1-2-15-17(16)10-13-11-18(30)28(8-9-29)19(13)15/h1-7,13,19,29H,8-11H2. The largest absolute Gasteiger partial charge is 0.573 e. The van der Waals surface area contributed by atoms with Crippen molar-refractivity contribution in [3.8, 4) is 28.6 Å². The highest BCUT2D eigenvalue weighted by Gasteiger charge is 2.46. The van der Waals surface area contributed by atoms with Crippen LogP contribution in [-0.2, 0) is 11.2 Å². The lowest BCUT2D eigenvalue weighted by molar-refractivity contribution is -0.274. The van der Waals surface area contributed by atoms with Crippen molar-refractivity contribution in [3.63, 3.8) is 0 Å². The number of carbonyl (C=O) groups is 1. The van der Waals surface area contributed by atoms with Crippen LogP contribution in [0.2, 0.25) is 0 Å². The molecule has 1 N–H and O–H groups in total. The first-order valence-corrected chi connectivity index (χ1v) is 10.1. The first-order chi connectivity index (χ1) is 15.3. The zero-order valence-electron chi connectivity index (χ0n) is 16.7. The average Bonchev–Trinajstić information content (AvgIpc) is 3.43. The first kappa shape index (κ1) is 20.5. The lowest BCUT2D eigenvalue weighted by Crippen LogP contribution is -2.30. The number of aliphatic hydroxyl groups is 1. The Hall–Kier alpha value is -3.40. The second-order valence-electron chi connectivity index (χ2n) is 7.79. The number of halogens is 3. The maximum absolute atomic E-state index is 12.3. The van der Waals surface area contributed by atoms with Crippen LogP contribution in [0.1, 0.15) is 23.6 Å². The number of nitrogens with zero attached hydrogens (tertiary/aromatic N) is 3. The summed E-state index contributed by atoms with van der Waals surface area (Å²) in [5.41, 5.74) is 3.31. The summed E-state index contributed by atoms with van der Waals surface area (Å²) >= 11 is 0. The summed E-state index contributed by atoms with van der Waals surface area (Å²) in [6.07, 6.45) is -3.64. The summed E-state index contributed by atoms with van der Waals surface area (Å²) in [5.74, 6) is 0.386. The quantitative estimate of drug-likeness (QED) is 0.644. The van der Waals surface area contributed by atoms with Gasteiger partial charge >= 0.3 is 6.36 Å². The van der Waals surface area contributed by atoms with Gasteiger partial charge in [-0.25, -0.2) is 0 Å². The predicted octanol–water partition coefficient (Wildman–Crippen LogP) is 3.74. The number of hydrogen-bond donors (Lipinski definition) is 1. The van der Waals surface area contributed by atoms with Crippen molar-refractivity contribution in [2.45, 2.75) is 25.2 Å². The van der Waals surface area contributed by atoms with Crippen molar-refractivity contribution in [1.29, 1.82) is 0 Å². The van der Waals surface area contributed by atoms with Crippen molar-refractivity contribution in [1.82, 2.24) is 15.0 Å². The Morgan fingerprint density at radius 2 is 1.94 bits per heavy atom. The van der Waals surface area contributed by atoms with Gasteiger partial charge < -0.3 is 19.3 Å². The minimum absolute atomic E-state index is 0.0462. The van der Waals surface area contributed by atoms with Gasteiger partial charge in [-0.3, -0.25) is 4.79 Å². The van der Waals surface area contributed by atoms with Gasteiger partial charge in [-0.15, -0.1) is 13.2 Å². The molecular weight excluding hydrogens is 427 g/mol. The van der Waals surface area contributed by atoms with Crippen molar-refractivity contribution in [3.05, 3.63) is 53.6 Å². The van der Waals surface area contributed by atoms with E-state index in [1.807, 2.05) is 18.2 Å². The topological polar surface area (TPSA) is 88.7 Å². The molecule has 2 aliphatic rings. The second-order valence-corrected chi connectivity index (χ2v) is 7.79. The van der Waals surface area contributed by atoms with Crippen LogP contribution in [0.15, 0.2) is 47.0 Å². The van der Waals surface area contributed by atoms with Crippen molar-refractivity contribution >= 4 is 5.91 Å². The Morgan fingerprint density at radius 3 is 2.66 bits per heavy atom. The number of likely N-dealkylation sites (tertiary alicyclic amines) is 1. The van der Waals surface area contributed by atoms with E-state index in [-0.39, 0.29) is 36.1 Å². The third-order valence-electron chi connectivity index (χ3n) is 5.88. The number of amides is 1. The molecule has 1 amide bonds. The van der Waals surface area contributed by atoms with Gasteiger partial charge in [0, 0.05) is 24.1 Å². The summed E-state index contributed by atoms with van der Waals surface area (Å²) in [5, 5.41) is 13.4. The Kier molecular flexibility index (Phi) is 4.89. The lowest BCUT2D eigenvalue weighted by Gasteiger charge is -2.24. The Morgan fingerprint density at radius 1 is 1.16 bits per heavy atom. The van der Waals surface area contributed by atoms with E-state index < -0.39 is 6.36 Å². The molecule has 3 aromatic rings. The predicted molar refractivity (Wildman–Crippen MR) is 105 cm³/mol. The van der Waals surface area contributed by atoms with Crippen molar-refractivity contribution < 1.29 is 32.3 Å². The lowest BCUT2D eigenvalue weighted by atomic mass is 10.0. The monoisotopic (exact) mass is 445 g/mol. The van der Waals surface area contributed by atoms with Crippen LogP contribution >= 0.6 is 0 Å². The van der Waals surface area contributed by atoms with E-state index in [1.54, 1.807) is 4.90 Å². The molecule has 2 unspecified atom stereocenters. The number of ether oxygens (including phenoxy) is 1. The van der Waals surface area contributed by atoms with Crippen LogP contribution in [0.5, 0.6) is 5.75 Å². The summed E-state index contributed by atoms with van der Waals surface area (Å²) in [6.45, 7) is 0.203. The summed E-state index contributed by atoms with van der Waals surface area (Å²) in [7, 11) is 0. The van der Waals surface area contributed by atoms with Gasteiger partial charge in [-0.1, -0.05) is 23.4 Å². The van der Waals surface area contributed by atoms with Gasteiger partial charge in [0.05, 0.1) is 12.6 Å². The molecule has 32 heavy (non-hydrogen) atoms. The molecule has 2 atom stereocenters. The third kappa shape index (κ3) is 3.60. The molecule has 1 saturated heterocycles. The van der Waals surface area contributed by atoms with E-state index in [0.717, 1.165) is 16.7 Å². The Balaban J connectivity index is 1.43. The van der Waals surface area contributed by atoms with Crippen LogP contribution in [0.3, 0.4) is 0 Å². The van der Waals surface area contributed by atoms with E-state index in [0.29, 0.717) is 30.8 Å². The number of rotatable bonds is 5. The van der Waals surface area contributed by atoms with Crippen LogP contribution in [-0.4, -0.2) is 45.6 Å². The minimum Gasteiger partial charge on any atom is -0.406 e. The van der Waals surface area contributed by atoms with E-state index >= 15 is 0 Å². The molecule has 1 aliphatic carbocycles. The molecule has 7 nitrogen and oxygen atoms in total. The highest BCUT2D eigenvalue weighted by Crippen LogP contribution is 2.49. The fraction of sp³-hybridized carbons (Fsp3) is 0.318. The third-order valence-corrected chi connectivity index (χ3v) is 5.88. The molecule has 10 heteroatoms. The smallest absolute Gasteiger partial charge is 0.406 e. The molecular formula is C22H18F3N3O4. The summed E-state index contributed by atoms with van der Waals surface area (Å²) < 4.78 is 46.3. The molecule has 0 spiro atoms. The Labute approximate surface area is 180 Å². The number of benzene rings is 2. The molecule has 1 aliphatic heterocycles. The minimum atomic E-state index is -4.76. The van der Waals surface area contributed by atoms with Gasteiger partial charge in [0.1, 0.15) is 5.75 Å². The molecule has 0 radical (unpaired) electrons. The zero-order valence-corrected chi connectivity index (χ0v) is 16.7. The molecule has 0 bridgehead atoms.